The Morgan fingerprint density at radius 3 is 2.56 bits per heavy atom. The highest BCUT2D eigenvalue weighted by Crippen LogP contribution is 2.37. The first kappa shape index (κ1) is 23.2. The van der Waals surface area contributed by atoms with Crippen LogP contribution in [-0.4, -0.2) is 85.7 Å². The minimum atomic E-state index is -3.84. The molecule has 0 unspecified atom stereocenters. The van der Waals surface area contributed by atoms with Crippen molar-refractivity contribution in [2.75, 3.05) is 56.4 Å². The number of carbonyl (C=O) groups is 1. The minimum absolute atomic E-state index is 0.0263. The van der Waals surface area contributed by atoms with Gasteiger partial charge in [-0.2, -0.15) is 13.4 Å². The van der Waals surface area contributed by atoms with E-state index in [2.05, 4.69) is 48.4 Å². The van der Waals surface area contributed by atoms with E-state index in [1.165, 1.54) is 16.7 Å². The summed E-state index contributed by atoms with van der Waals surface area (Å²) in [6, 6.07) is 8.42. The van der Waals surface area contributed by atoms with E-state index in [0.29, 0.717) is 25.0 Å². The third kappa shape index (κ3) is 4.39. The molecule has 2 fully saturated rings. The Balaban J connectivity index is 1.00. The van der Waals surface area contributed by atoms with Gasteiger partial charge in [0.25, 0.3) is 0 Å². The van der Waals surface area contributed by atoms with Gasteiger partial charge in [-0.1, -0.05) is 24.3 Å². The number of hydrogen-bond acceptors (Lipinski definition) is 9. The number of nitrogen functional groups attached to an aromatic ring is 1. The fourth-order valence-corrected chi connectivity index (χ4v) is 6.48. The molecule has 36 heavy (non-hydrogen) atoms. The number of rotatable bonds is 5. The van der Waals surface area contributed by atoms with Crippen molar-refractivity contribution in [2.45, 2.75) is 25.7 Å². The van der Waals surface area contributed by atoms with E-state index in [9.17, 15) is 13.2 Å². The number of amidine groups is 1. The number of piperazine rings is 1. The molecule has 0 atom stereocenters. The van der Waals surface area contributed by atoms with E-state index in [0.717, 1.165) is 69.9 Å². The summed E-state index contributed by atoms with van der Waals surface area (Å²) in [6.45, 7) is 6.15. The van der Waals surface area contributed by atoms with Crippen molar-refractivity contribution in [1.29, 1.82) is 0 Å². The van der Waals surface area contributed by atoms with Crippen LogP contribution >= 0.6 is 0 Å². The van der Waals surface area contributed by atoms with Gasteiger partial charge in [0.05, 0.1) is 5.69 Å². The lowest BCUT2D eigenvalue weighted by Crippen LogP contribution is -2.53. The zero-order valence-corrected chi connectivity index (χ0v) is 20.9. The molecule has 0 radical (unpaired) electrons. The highest BCUT2D eigenvalue weighted by atomic mass is 32.2. The van der Waals surface area contributed by atoms with Crippen LogP contribution in [0.3, 0.4) is 0 Å². The van der Waals surface area contributed by atoms with E-state index in [1.807, 2.05) is 4.72 Å². The summed E-state index contributed by atoms with van der Waals surface area (Å²) in [5.74, 6) is 1.18. The van der Waals surface area contributed by atoms with Crippen LogP contribution in [0.4, 0.5) is 11.8 Å². The fraction of sp³-hybridized carbons (Fsp3) is 0.500. The zero-order chi connectivity index (χ0) is 24.9. The number of nitrogens with two attached hydrogens (primary N) is 1. The van der Waals surface area contributed by atoms with Crippen LogP contribution in [0.5, 0.6) is 0 Å². The molecule has 3 aliphatic heterocycles. The summed E-state index contributed by atoms with van der Waals surface area (Å²) in [6.07, 6.45) is 4.05. The number of hydrogen-bond donors (Lipinski definition) is 2. The molecule has 4 aliphatic rings. The molecule has 2 aromatic rings. The van der Waals surface area contributed by atoms with Gasteiger partial charge >= 0.3 is 16.1 Å². The van der Waals surface area contributed by atoms with Gasteiger partial charge in [-0.25, -0.2) is 9.71 Å². The summed E-state index contributed by atoms with van der Waals surface area (Å²) >= 11 is 0. The number of fused-ring (bicyclic) bond motifs is 3. The Labute approximate surface area is 210 Å². The molecular formula is C24H30N8O3S. The summed E-state index contributed by atoms with van der Waals surface area (Å²) < 4.78 is 28.2. The first-order valence-corrected chi connectivity index (χ1v) is 13.9. The minimum Gasteiger partial charge on any atom is -0.368 e. The van der Waals surface area contributed by atoms with Crippen molar-refractivity contribution in [1.82, 2.24) is 24.5 Å². The van der Waals surface area contributed by atoms with Gasteiger partial charge in [-0.05, 0) is 43.7 Å². The van der Waals surface area contributed by atoms with E-state index in [4.69, 9.17) is 5.73 Å². The smallest absolute Gasteiger partial charge is 0.346 e. The number of aryl methyl sites for hydroxylation is 1. The molecule has 0 bridgehead atoms. The van der Waals surface area contributed by atoms with E-state index >= 15 is 0 Å². The molecule has 4 heterocycles. The summed E-state index contributed by atoms with van der Waals surface area (Å²) in [5.41, 5.74) is 10.8. The maximum atomic E-state index is 11.7. The van der Waals surface area contributed by atoms with Crippen molar-refractivity contribution in [3.63, 3.8) is 0 Å². The van der Waals surface area contributed by atoms with Gasteiger partial charge in [-0.15, -0.1) is 4.40 Å². The van der Waals surface area contributed by atoms with E-state index in [-0.39, 0.29) is 5.84 Å². The molecule has 12 heteroatoms. The summed E-state index contributed by atoms with van der Waals surface area (Å²) in [7, 11) is -3.84. The van der Waals surface area contributed by atoms with Crippen LogP contribution in [0.15, 0.2) is 28.7 Å². The predicted molar refractivity (Wildman–Crippen MR) is 137 cm³/mol. The van der Waals surface area contributed by atoms with Crippen molar-refractivity contribution < 1.29 is 13.2 Å². The largest absolute Gasteiger partial charge is 0.368 e. The lowest BCUT2D eigenvalue weighted by Gasteiger charge is -2.40. The standard InChI is InChI=1S/C24H30N8O3S/c25-24-26-20-18-6-2-1-5-17(18)7-8-19(20)21(27-24)31-12-10-30(11-13-31)9-3-4-16-14-32(15-16)22-23(33)29-36(34,35)28-22/h1-2,5-6,16H,3-4,7-15H2,(H,29,33)(H2,25,26,27). The molecule has 6 rings (SSSR count). The first-order valence-electron chi connectivity index (χ1n) is 12.5. The van der Waals surface area contributed by atoms with Crippen molar-refractivity contribution in [3.05, 3.63) is 35.4 Å². The number of nitrogens with one attached hydrogen (secondary N) is 1. The van der Waals surface area contributed by atoms with Gasteiger partial charge in [0.15, 0.2) is 0 Å². The molecule has 2 saturated heterocycles. The number of nitrogens with zero attached hydrogens (tertiary/aromatic N) is 6. The normalized spacial score (nSPS) is 21.4. The van der Waals surface area contributed by atoms with Gasteiger partial charge in [-0.3, -0.25) is 9.69 Å². The lowest BCUT2D eigenvalue weighted by atomic mass is 9.89. The SMILES string of the molecule is Nc1nc2c(c(N3CCN(CCCC4CN(C5=NS(=O)(=O)NC5=O)C4)CC3)n1)CCc1ccccc1-2. The second-order valence-electron chi connectivity index (χ2n) is 9.95. The highest BCUT2D eigenvalue weighted by molar-refractivity contribution is 7.89. The quantitative estimate of drug-likeness (QED) is 0.587. The Bertz CT molecular complexity index is 1330. The third-order valence-corrected chi connectivity index (χ3v) is 8.42. The molecule has 1 amide bonds. The van der Waals surface area contributed by atoms with E-state index in [1.54, 1.807) is 4.90 Å². The van der Waals surface area contributed by atoms with Gasteiger partial charge < -0.3 is 15.5 Å². The molecule has 190 valence electrons. The Kier molecular flexibility index (Phi) is 5.79. The van der Waals surface area contributed by atoms with Crippen LogP contribution in [0.1, 0.15) is 24.0 Å². The number of amides is 1. The van der Waals surface area contributed by atoms with Crippen LogP contribution < -0.4 is 15.4 Å². The Morgan fingerprint density at radius 1 is 1.03 bits per heavy atom. The summed E-state index contributed by atoms with van der Waals surface area (Å²) in [5, 5.41) is 0. The van der Waals surface area contributed by atoms with Gasteiger partial charge in [0, 0.05) is 50.4 Å². The fourth-order valence-electron chi connectivity index (χ4n) is 5.69. The number of benzene rings is 1. The van der Waals surface area contributed by atoms with Crippen LogP contribution in [0.2, 0.25) is 0 Å². The van der Waals surface area contributed by atoms with Crippen molar-refractivity contribution in [2.24, 2.45) is 10.3 Å². The van der Waals surface area contributed by atoms with E-state index < -0.39 is 16.1 Å². The molecule has 0 spiro atoms. The molecule has 1 aromatic heterocycles. The lowest BCUT2D eigenvalue weighted by molar-refractivity contribution is -0.114. The Hall–Kier alpha value is -3.25. The molecule has 1 aliphatic carbocycles. The average Bonchev–Trinajstić information content (AvgIpc) is 3.11. The zero-order valence-electron chi connectivity index (χ0n) is 20.1. The number of anilines is 2. The second kappa shape index (κ2) is 9.00. The molecule has 1 aromatic carbocycles. The number of likely N-dealkylation sites (tertiary alicyclic amines) is 1. The summed E-state index contributed by atoms with van der Waals surface area (Å²) in [4.78, 5) is 27.6. The van der Waals surface area contributed by atoms with Crippen molar-refractivity contribution in [3.8, 4) is 11.3 Å². The second-order valence-corrected chi connectivity index (χ2v) is 11.3. The maximum absolute atomic E-state index is 11.7. The highest BCUT2D eigenvalue weighted by Gasteiger charge is 2.38. The van der Waals surface area contributed by atoms with Crippen LogP contribution in [-0.2, 0) is 27.8 Å². The van der Waals surface area contributed by atoms with Crippen molar-refractivity contribution >= 4 is 33.7 Å². The maximum Gasteiger partial charge on any atom is 0.346 e. The molecular weight excluding hydrogens is 480 g/mol. The third-order valence-electron chi connectivity index (χ3n) is 7.57. The first-order chi connectivity index (χ1) is 17.4. The molecule has 11 nitrogen and oxygen atoms in total. The molecule has 0 saturated carbocycles. The monoisotopic (exact) mass is 510 g/mol. The topological polar surface area (TPSA) is 137 Å². The Morgan fingerprint density at radius 2 is 1.81 bits per heavy atom. The van der Waals surface area contributed by atoms with Gasteiger partial charge in [0.1, 0.15) is 5.82 Å². The average molecular weight is 511 g/mol. The van der Waals surface area contributed by atoms with Crippen LogP contribution in [0.25, 0.3) is 11.3 Å². The van der Waals surface area contributed by atoms with Gasteiger partial charge in [0.2, 0.25) is 11.8 Å². The number of carbonyl (C=O) groups excluding carboxylic acids is 1. The van der Waals surface area contributed by atoms with Crippen LogP contribution in [0, 0.1) is 5.92 Å². The number of aromatic nitrogens is 2. The molecule has 3 N–H and O–H groups in total. The predicted octanol–water partition coefficient (Wildman–Crippen LogP) is 0.432.